The third-order valence-corrected chi connectivity index (χ3v) is 3.33. The molecule has 2 aromatic carbocycles. The molecule has 0 saturated heterocycles. The van der Waals surface area contributed by atoms with E-state index in [4.69, 9.17) is 11.6 Å². The minimum atomic E-state index is -0.838. The maximum absolute atomic E-state index is 11.7. The van der Waals surface area contributed by atoms with Gasteiger partial charge in [-0.25, -0.2) is 5.43 Å². The van der Waals surface area contributed by atoms with Gasteiger partial charge in [-0.2, -0.15) is 5.10 Å². The predicted octanol–water partition coefficient (Wildman–Crippen LogP) is 2.99. The van der Waals surface area contributed by atoms with Crippen molar-refractivity contribution < 1.29 is 9.59 Å². The Bertz CT molecular complexity index is 710. The summed E-state index contributed by atoms with van der Waals surface area (Å²) in [7, 11) is 0. The molecule has 0 unspecified atom stereocenters. The van der Waals surface area contributed by atoms with E-state index in [2.05, 4.69) is 15.8 Å². The van der Waals surface area contributed by atoms with E-state index in [0.29, 0.717) is 10.7 Å². The first kappa shape index (κ1) is 16.7. The highest BCUT2D eigenvalue weighted by atomic mass is 35.5. The molecule has 2 aromatic rings. The number of carbonyl (C=O) groups excluding carboxylic acids is 2. The molecule has 2 N–H and O–H groups in total. The highest BCUT2D eigenvalue weighted by molar-refractivity contribution is 6.39. The van der Waals surface area contributed by atoms with Gasteiger partial charge in [-0.3, -0.25) is 9.59 Å². The van der Waals surface area contributed by atoms with Crippen LogP contribution in [0.15, 0.2) is 53.6 Å². The molecule has 118 valence electrons. The lowest BCUT2D eigenvalue weighted by molar-refractivity contribution is -0.136. The number of hydrazone groups is 1. The number of amides is 2. The quantitative estimate of drug-likeness (QED) is 0.514. The zero-order valence-electron chi connectivity index (χ0n) is 12.5. The third kappa shape index (κ3) is 5.23. The van der Waals surface area contributed by atoms with Gasteiger partial charge < -0.3 is 5.32 Å². The van der Waals surface area contributed by atoms with E-state index in [1.807, 2.05) is 19.1 Å². The summed E-state index contributed by atoms with van der Waals surface area (Å²) < 4.78 is 0. The maximum atomic E-state index is 11.7. The topological polar surface area (TPSA) is 70.6 Å². The highest BCUT2D eigenvalue weighted by Gasteiger charge is 2.12. The number of hydrogen-bond acceptors (Lipinski definition) is 3. The minimum Gasteiger partial charge on any atom is -0.318 e. The summed E-state index contributed by atoms with van der Waals surface area (Å²) in [5.74, 6) is -1.61. The van der Waals surface area contributed by atoms with Crippen molar-refractivity contribution in [2.24, 2.45) is 5.10 Å². The average molecular weight is 330 g/mol. The van der Waals surface area contributed by atoms with Crippen LogP contribution in [0.1, 0.15) is 18.1 Å². The monoisotopic (exact) mass is 329 g/mol. The van der Waals surface area contributed by atoms with Crippen molar-refractivity contribution in [1.29, 1.82) is 0 Å². The molecule has 0 radical (unpaired) electrons. The van der Waals surface area contributed by atoms with Gasteiger partial charge in [-0.05, 0) is 41.8 Å². The minimum absolute atomic E-state index is 0.559. The fourth-order valence-electron chi connectivity index (χ4n) is 1.78. The predicted molar refractivity (Wildman–Crippen MR) is 91.6 cm³/mol. The molecule has 0 aliphatic heterocycles. The second-order valence-corrected chi connectivity index (χ2v) is 5.19. The third-order valence-electron chi connectivity index (χ3n) is 3.08. The Labute approximate surface area is 139 Å². The van der Waals surface area contributed by atoms with Crippen molar-refractivity contribution in [3.63, 3.8) is 0 Å². The van der Waals surface area contributed by atoms with E-state index in [1.54, 1.807) is 36.4 Å². The second-order valence-electron chi connectivity index (χ2n) is 4.76. The Morgan fingerprint density at radius 1 is 1.04 bits per heavy atom. The molecule has 0 aromatic heterocycles. The van der Waals surface area contributed by atoms with E-state index in [9.17, 15) is 9.59 Å². The van der Waals surface area contributed by atoms with Crippen molar-refractivity contribution in [1.82, 2.24) is 5.43 Å². The van der Waals surface area contributed by atoms with Gasteiger partial charge in [-0.15, -0.1) is 0 Å². The summed E-state index contributed by atoms with van der Waals surface area (Å²) >= 11 is 5.77. The van der Waals surface area contributed by atoms with E-state index in [1.165, 1.54) is 6.21 Å². The standard InChI is InChI=1S/C17H16ClN3O2/c1-2-12-5-9-15(10-6-12)20-16(22)17(23)21-19-11-13-3-7-14(18)8-4-13/h3-11H,2H2,1H3,(H,20,22)(H,21,23)/b19-11-. The summed E-state index contributed by atoms with van der Waals surface area (Å²) in [6.07, 6.45) is 2.34. The Morgan fingerprint density at radius 3 is 2.30 bits per heavy atom. The Kier molecular flexibility index (Phi) is 5.88. The van der Waals surface area contributed by atoms with Crippen LogP contribution in [0.5, 0.6) is 0 Å². The molecule has 0 fully saturated rings. The number of nitrogens with one attached hydrogen (secondary N) is 2. The molecule has 0 saturated carbocycles. The first-order valence-corrected chi connectivity index (χ1v) is 7.45. The van der Waals surface area contributed by atoms with Gasteiger partial charge >= 0.3 is 11.8 Å². The smallest absolute Gasteiger partial charge is 0.318 e. The number of rotatable bonds is 4. The van der Waals surface area contributed by atoms with Gasteiger partial charge in [-0.1, -0.05) is 42.8 Å². The molecule has 23 heavy (non-hydrogen) atoms. The van der Waals surface area contributed by atoms with E-state index < -0.39 is 11.8 Å². The van der Waals surface area contributed by atoms with Gasteiger partial charge in [0.05, 0.1) is 6.21 Å². The normalized spacial score (nSPS) is 10.5. The lowest BCUT2D eigenvalue weighted by Gasteiger charge is -2.04. The van der Waals surface area contributed by atoms with Crippen molar-refractivity contribution >= 4 is 35.3 Å². The first-order valence-electron chi connectivity index (χ1n) is 7.07. The summed E-state index contributed by atoms with van der Waals surface area (Å²) in [5.41, 5.74) is 4.64. The molecule has 5 nitrogen and oxygen atoms in total. The average Bonchev–Trinajstić information content (AvgIpc) is 2.57. The molecule has 0 atom stereocenters. The molecule has 0 aliphatic carbocycles. The number of nitrogens with zero attached hydrogens (tertiary/aromatic N) is 1. The Hall–Kier alpha value is -2.66. The lowest BCUT2D eigenvalue weighted by atomic mass is 10.1. The lowest BCUT2D eigenvalue weighted by Crippen LogP contribution is -2.32. The van der Waals surface area contributed by atoms with Gasteiger partial charge in [0.15, 0.2) is 0 Å². The largest absolute Gasteiger partial charge is 0.329 e. The Balaban J connectivity index is 1.86. The van der Waals surface area contributed by atoms with Gasteiger partial charge in [0.2, 0.25) is 0 Å². The number of benzene rings is 2. The molecule has 0 spiro atoms. The van der Waals surface area contributed by atoms with E-state index in [0.717, 1.165) is 17.5 Å². The number of anilines is 1. The molecular weight excluding hydrogens is 314 g/mol. The van der Waals surface area contributed by atoms with Crippen molar-refractivity contribution in [3.05, 3.63) is 64.7 Å². The fourth-order valence-corrected chi connectivity index (χ4v) is 1.90. The van der Waals surface area contributed by atoms with Gasteiger partial charge in [0, 0.05) is 10.7 Å². The fraction of sp³-hybridized carbons (Fsp3) is 0.118. The van der Waals surface area contributed by atoms with Crippen LogP contribution in [-0.2, 0) is 16.0 Å². The summed E-state index contributed by atoms with van der Waals surface area (Å²) in [4.78, 5) is 23.4. The van der Waals surface area contributed by atoms with Crippen LogP contribution in [0.25, 0.3) is 0 Å². The zero-order chi connectivity index (χ0) is 16.7. The van der Waals surface area contributed by atoms with E-state index >= 15 is 0 Å². The van der Waals surface area contributed by atoms with Crippen molar-refractivity contribution in [3.8, 4) is 0 Å². The number of hydrogen-bond donors (Lipinski definition) is 2. The van der Waals surface area contributed by atoms with Crippen LogP contribution >= 0.6 is 11.6 Å². The highest BCUT2D eigenvalue weighted by Crippen LogP contribution is 2.10. The van der Waals surface area contributed by atoms with Crippen LogP contribution < -0.4 is 10.7 Å². The van der Waals surface area contributed by atoms with Crippen LogP contribution in [0, 0.1) is 0 Å². The summed E-state index contributed by atoms with van der Waals surface area (Å²) in [6, 6.07) is 14.2. The van der Waals surface area contributed by atoms with Crippen molar-refractivity contribution in [2.45, 2.75) is 13.3 Å². The molecule has 0 bridgehead atoms. The molecule has 0 aliphatic rings. The summed E-state index contributed by atoms with van der Waals surface area (Å²) in [6.45, 7) is 2.04. The van der Waals surface area contributed by atoms with Crippen molar-refractivity contribution in [2.75, 3.05) is 5.32 Å². The maximum Gasteiger partial charge on any atom is 0.329 e. The number of aryl methyl sites for hydroxylation is 1. The molecular formula is C17H16ClN3O2. The van der Waals surface area contributed by atoms with Crippen LogP contribution in [-0.4, -0.2) is 18.0 Å². The SMILES string of the molecule is CCc1ccc(NC(=O)C(=O)N/N=C\c2ccc(Cl)cc2)cc1. The number of halogens is 1. The van der Waals surface area contributed by atoms with Crippen LogP contribution in [0.4, 0.5) is 5.69 Å². The molecule has 2 rings (SSSR count). The molecule has 2 amide bonds. The zero-order valence-corrected chi connectivity index (χ0v) is 13.3. The second kappa shape index (κ2) is 8.10. The van der Waals surface area contributed by atoms with E-state index in [-0.39, 0.29) is 0 Å². The first-order chi connectivity index (χ1) is 11.1. The Morgan fingerprint density at radius 2 is 1.70 bits per heavy atom. The van der Waals surface area contributed by atoms with Gasteiger partial charge in [0.1, 0.15) is 0 Å². The van der Waals surface area contributed by atoms with Crippen LogP contribution in [0.2, 0.25) is 5.02 Å². The van der Waals surface area contributed by atoms with Gasteiger partial charge in [0.25, 0.3) is 0 Å². The number of carbonyl (C=O) groups is 2. The van der Waals surface area contributed by atoms with Crippen LogP contribution in [0.3, 0.4) is 0 Å². The molecule has 0 heterocycles. The summed E-state index contributed by atoms with van der Waals surface area (Å²) in [5, 5.41) is 6.85. The molecule has 6 heteroatoms.